The van der Waals surface area contributed by atoms with Gasteiger partial charge < -0.3 is 33.2 Å². The summed E-state index contributed by atoms with van der Waals surface area (Å²) in [6.45, 7) is 4.11. The number of rotatable bonds is 15. The SMILES string of the molecule is C[C@H](NC(=O)CCCCCN)C(=O)N[C@@H](C)C(=O)N[C@H](CCCCN)C(N)=O. The van der Waals surface area contributed by atoms with Gasteiger partial charge in [-0.05, 0) is 59.0 Å². The quantitative estimate of drug-likeness (QED) is 0.184. The molecule has 0 aromatic heterocycles. The lowest BCUT2D eigenvalue weighted by molar-refractivity contribution is -0.132. The van der Waals surface area contributed by atoms with Gasteiger partial charge in [-0.25, -0.2) is 0 Å². The second-order valence-corrected chi connectivity index (χ2v) is 6.87. The van der Waals surface area contributed by atoms with Crippen molar-refractivity contribution in [1.82, 2.24) is 16.0 Å². The van der Waals surface area contributed by atoms with Crippen LogP contribution >= 0.6 is 0 Å². The smallest absolute Gasteiger partial charge is 0.242 e. The van der Waals surface area contributed by atoms with E-state index in [1.807, 2.05) is 0 Å². The van der Waals surface area contributed by atoms with Crippen LogP contribution in [0.5, 0.6) is 0 Å². The van der Waals surface area contributed by atoms with Crippen LogP contribution in [-0.4, -0.2) is 54.8 Å². The number of amides is 4. The highest BCUT2D eigenvalue weighted by molar-refractivity contribution is 5.93. The summed E-state index contributed by atoms with van der Waals surface area (Å²) in [5.74, 6) is -1.88. The van der Waals surface area contributed by atoms with Crippen LogP contribution in [0.1, 0.15) is 58.8 Å². The molecule has 0 aliphatic heterocycles. The number of unbranched alkanes of at least 4 members (excludes halogenated alkanes) is 3. The maximum atomic E-state index is 12.2. The second-order valence-electron chi connectivity index (χ2n) is 6.87. The molecule has 162 valence electrons. The predicted molar refractivity (Wildman–Crippen MR) is 107 cm³/mol. The molecule has 0 aliphatic carbocycles. The number of hydrogen-bond acceptors (Lipinski definition) is 6. The Morgan fingerprint density at radius 3 is 1.86 bits per heavy atom. The molecule has 0 saturated heterocycles. The molecule has 0 aromatic rings. The average Bonchev–Trinajstić information content (AvgIpc) is 2.64. The summed E-state index contributed by atoms with van der Waals surface area (Å²) < 4.78 is 0. The van der Waals surface area contributed by atoms with Gasteiger partial charge in [0.2, 0.25) is 23.6 Å². The van der Waals surface area contributed by atoms with Crippen LogP contribution < -0.4 is 33.2 Å². The summed E-state index contributed by atoms with van der Waals surface area (Å²) in [5, 5.41) is 7.65. The lowest BCUT2D eigenvalue weighted by Crippen LogP contribution is -2.54. The highest BCUT2D eigenvalue weighted by atomic mass is 16.2. The van der Waals surface area contributed by atoms with Gasteiger partial charge in [-0.2, -0.15) is 0 Å². The molecule has 0 heterocycles. The summed E-state index contributed by atoms with van der Waals surface area (Å²) in [6.07, 6.45) is 4.48. The van der Waals surface area contributed by atoms with Gasteiger partial charge in [-0.15, -0.1) is 0 Å². The van der Waals surface area contributed by atoms with E-state index in [4.69, 9.17) is 17.2 Å². The van der Waals surface area contributed by atoms with Crippen molar-refractivity contribution in [2.24, 2.45) is 17.2 Å². The fourth-order valence-electron chi connectivity index (χ4n) is 2.46. The van der Waals surface area contributed by atoms with Crippen LogP contribution in [0.25, 0.3) is 0 Å². The highest BCUT2D eigenvalue weighted by Gasteiger charge is 2.24. The molecule has 9 N–H and O–H groups in total. The number of nitrogens with one attached hydrogen (secondary N) is 3. The number of primary amides is 1. The molecule has 0 unspecified atom stereocenters. The van der Waals surface area contributed by atoms with Gasteiger partial charge in [0.1, 0.15) is 18.1 Å². The lowest BCUT2D eigenvalue weighted by atomic mass is 10.1. The average molecular weight is 401 g/mol. The number of carbonyl (C=O) groups is 4. The number of nitrogens with two attached hydrogens (primary N) is 3. The summed E-state index contributed by atoms with van der Waals surface area (Å²) in [5.41, 5.74) is 16.1. The van der Waals surface area contributed by atoms with E-state index in [-0.39, 0.29) is 5.91 Å². The van der Waals surface area contributed by atoms with Crippen molar-refractivity contribution >= 4 is 23.6 Å². The normalized spacial score (nSPS) is 13.9. The van der Waals surface area contributed by atoms with E-state index >= 15 is 0 Å². The minimum atomic E-state index is -0.882. The molecule has 28 heavy (non-hydrogen) atoms. The molecule has 0 spiro atoms. The van der Waals surface area contributed by atoms with Gasteiger partial charge in [0.15, 0.2) is 0 Å². The lowest BCUT2D eigenvalue weighted by Gasteiger charge is -2.21. The molecule has 0 fully saturated rings. The highest BCUT2D eigenvalue weighted by Crippen LogP contribution is 2.01. The molecule has 10 heteroatoms. The van der Waals surface area contributed by atoms with Crippen LogP contribution in [0.2, 0.25) is 0 Å². The van der Waals surface area contributed by atoms with Crippen LogP contribution in [0.3, 0.4) is 0 Å². The number of hydrogen-bond donors (Lipinski definition) is 6. The summed E-state index contributed by atoms with van der Waals surface area (Å²) in [4.78, 5) is 47.7. The molecule has 0 rings (SSSR count). The maximum Gasteiger partial charge on any atom is 0.242 e. The molecule has 0 saturated carbocycles. The Morgan fingerprint density at radius 1 is 0.750 bits per heavy atom. The molecule has 0 aromatic carbocycles. The molecule has 0 aliphatic rings. The third kappa shape index (κ3) is 11.5. The van der Waals surface area contributed by atoms with Crippen molar-refractivity contribution in [1.29, 1.82) is 0 Å². The van der Waals surface area contributed by atoms with Crippen molar-refractivity contribution in [3.63, 3.8) is 0 Å². The Balaban J connectivity index is 4.39. The molecule has 0 radical (unpaired) electrons. The van der Waals surface area contributed by atoms with Crippen LogP contribution in [0, 0.1) is 0 Å². The van der Waals surface area contributed by atoms with E-state index in [0.717, 1.165) is 19.3 Å². The van der Waals surface area contributed by atoms with Gasteiger partial charge in [0.05, 0.1) is 0 Å². The minimum absolute atomic E-state index is 0.231. The molecular formula is C18H36N6O4. The largest absolute Gasteiger partial charge is 0.368 e. The summed E-state index contributed by atoms with van der Waals surface area (Å²) in [6, 6.07) is -2.48. The fourth-order valence-corrected chi connectivity index (χ4v) is 2.46. The molecule has 10 nitrogen and oxygen atoms in total. The van der Waals surface area contributed by atoms with Crippen LogP contribution in [0.15, 0.2) is 0 Å². The van der Waals surface area contributed by atoms with Crippen molar-refractivity contribution in [3.8, 4) is 0 Å². The number of carbonyl (C=O) groups excluding carboxylic acids is 4. The monoisotopic (exact) mass is 400 g/mol. The summed E-state index contributed by atoms with van der Waals surface area (Å²) >= 11 is 0. The standard InChI is InChI=1S/C18H36N6O4/c1-12(22-15(25)9-4-3-6-10-19)17(27)23-13(2)18(28)24-14(16(21)26)8-5-7-11-20/h12-14H,3-11,19-20H2,1-2H3,(H2,21,26)(H,22,25)(H,23,27)(H,24,28)/t12-,13-,14+/m0/s1. The zero-order chi connectivity index (χ0) is 21.5. The van der Waals surface area contributed by atoms with Crippen LogP contribution in [-0.2, 0) is 19.2 Å². The van der Waals surface area contributed by atoms with E-state index in [1.165, 1.54) is 13.8 Å². The van der Waals surface area contributed by atoms with Gasteiger partial charge in [0, 0.05) is 6.42 Å². The molecule has 4 amide bonds. The third-order valence-corrected chi connectivity index (χ3v) is 4.24. The first-order valence-corrected chi connectivity index (χ1v) is 9.82. The molecular weight excluding hydrogens is 364 g/mol. The van der Waals surface area contributed by atoms with E-state index < -0.39 is 35.8 Å². The first kappa shape index (κ1) is 25.8. The Hall–Kier alpha value is -2.20. The Bertz CT molecular complexity index is 514. The van der Waals surface area contributed by atoms with E-state index in [9.17, 15) is 19.2 Å². The fraction of sp³-hybridized carbons (Fsp3) is 0.778. The predicted octanol–water partition coefficient (Wildman–Crippen LogP) is -1.39. The first-order chi connectivity index (χ1) is 13.2. The van der Waals surface area contributed by atoms with Crippen molar-refractivity contribution < 1.29 is 19.2 Å². The van der Waals surface area contributed by atoms with Crippen LogP contribution in [0.4, 0.5) is 0 Å². The Kier molecular flexibility index (Phi) is 13.6. The molecule has 0 bridgehead atoms. The molecule has 3 atom stereocenters. The Morgan fingerprint density at radius 2 is 1.29 bits per heavy atom. The minimum Gasteiger partial charge on any atom is -0.368 e. The van der Waals surface area contributed by atoms with Gasteiger partial charge >= 0.3 is 0 Å². The topological polar surface area (TPSA) is 182 Å². The zero-order valence-corrected chi connectivity index (χ0v) is 17.0. The van der Waals surface area contributed by atoms with Crippen molar-refractivity contribution in [3.05, 3.63) is 0 Å². The van der Waals surface area contributed by atoms with Crippen molar-refractivity contribution in [2.45, 2.75) is 76.9 Å². The summed E-state index contributed by atoms with van der Waals surface area (Å²) in [7, 11) is 0. The van der Waals surface area contributed by atoms with E-state index in [2.05, 4.69) is 16.0 Å². The van der Waals surface area contributed by atoms with Crippen molar-refractivity contribution in [2.75, 3.05) is 13.1 Å². The third-order valence-electron chi connectivity index (χ3n) is 4.24. The van der Waals surface area contributed by atoms with Gasteiger partial charge in [0.25, 0.3) is 0 Å². The van der Waals surface area contributed by atoms with Gasteiger partial charge in [-0.3, -0.25) is 19.2 Å². The second kappa shape index (κ2) is 14.8. The Labute approximate surface area is 166 Å². The van der Waals surface area contributed by atoms with Gasteiger partial charge in [-0.1, -0.05) is 6.42 Å². The van der Waals surface area contributed by atoms with E-state index in [0.29, 0.717) is 38.8 Å². The maximum absolute atomic E-state index is 12.2. The van der Waals surface area contributed by atoms with E-state index in [1.54, 1.807) is 0 Å². The first-order valence-electron chi connectivity index (χ1n) is 9.82. The zero-order valence-electron chi connectivity index (χ0n) is 17.0.